The van der Waals surface area contributed by atoms with Crippen LogP contribution >= 0.6 is 22.6 Å². The Hall–Kier alpha value is -1.58. The van der Waals surface area contributed by atoms with Gasteiger partial charge in [0.25, 0.3) is 5.91 Å². The van der Waals surface area contributed by atoms with Gasteiger partial charge in [0.2, 0.25) is 0 Å². The first kappa shape index (κ1) is 17.8. The van der Waals surface area contributed by atoms with Crippen molar-refractivity contribution < 1.29 is 18.0 Å². The number of aromatic nitrogens is 2. The van der Waals surface area contributed by atoms with E-state index in [1.165, 1.54) is 6.07 Å². The second kappa shape index (κ2) is 7.33. The highest BCUT2D eigenvalue weighted by Gasteiger charge is 2.31. The summed E-state index contributed by atoms with van der Waals surface area (Å²) in [5.41, 5.74) is -0.811. The molecule has 23 heavy (non-hydrogen) atoms. The fourth-order valence-electron chi connectivity index (χ4n) is 2.05. The molecular formula is C15H15F3IN3O. The van der Waals surface area contributed by atoms with E-state index in [1.54, 1.807) is 39.5 Å². The van der Waals surface area contributed by atoms with Crippen LogP contribution in [-0.4, -0.2) is 22.2 Å². The lowest BCUT2D eigenvalue weighted by Crippen LogP contribution is -2.30. The molecule has 0 aliphatic rings. The summed E-state index contributed by atoms with van der Waals surface area (Å²) in [6.45, 7) is 2.90. The number of hydrogen-bond acceptors (Lipinski definition) is 2. The molecule has 0 aliphatic heterocycles. The SMILES string of the molecule is CC(CNC(=O)c1cc(I)cc(C(F)(F)F)c1)Cn1cccn1. The van der Waals surface area contributed by atoms with E-state index < -0.39 is 17.6 Å². The highest BCUT2D eigenvalue weighted by atomic mass is 127. The van der Waals surface area contributed by atoms with Gasteiger partial charge in [-0.2, -0.15) is 18.3 Å². The molecular weight excluding hydrogens is 422 g/mol. The predicted octanol–water partition coefficient (Wildman–Crippen LogP) is 3.57. The molecule has 1 heterocycles. The number of alkyl halides is 3. The summed E-state index contributed by atoms with van der Waals surface area (Å²) in [5.74, 6) is -0.412. The van der Waals surface area contributed by atoms with Crippen LogP contribution in [0.5, 0.6) is 0 Å². The quantitative estimate of drug-likeness (QED) is 0.728. The van der Waals surface area contributed by atoms with Gasteiger partial charge in [-0.1, -0.05) is 6.92 Å². The van der Waals surface area contributed by atoms with Gasteiger partial charge in [-0.05, 0) is 52.8 Å². The first-order chi connectivity index (χ1) is 10.8. The molecule has 1 aromatic heterocycles. The smallest absolute Gasteiger partial charge is 0.352 e. The van der Waals surface area contributed by atoms with Crippen LogP contribution in [0.25, 0.3) is 0 Å². The molecule has 0 spiro atoms. The summed E-state index contributed by atoms with van der Waals surface area (Å²) in [6.07, 6.45) is -0.993. The number of nitrogens with one attached hydrogen (secondary N) is 1. The molecule has 124 valence electrons. The Morgan fingerprint density at radius 1 is 1.39 bits per heavy atom. The van der Waals surface area contributed by atoms with Crippen molar-refractivity contribution in [2.24, 2.45) is 5.92 Å². The van der Waals surface area contributed by atoms with E-state index in [2.05, 4.69) is 10.4 Å². The second-order valence-electron chi connectivity index (χ2n) is 5.27. The minimum Gasteiger partial charge on any atom is -0.352 e. The van der Waals surface area contributed by atoms with Crippen LogP contribution in [0.4, 0.5) is 13.2 Å². The third-order valence-electron chi connectivity index (χ3n) is 3.16. The molecule has 0 radical (unpaired) electrons. The van der Waals surface area contributed by atoms with Crippen molar-refractivity contribution in [3.05, 3.63) is 51.4 Å². The third kappa shape index (κ3) is 5.22. The molecule has 1 N–H and O–H groups in total. The third-order valence-corrected chi connectivity index (χ3v) is 3.78. The monoisotopic (exact) mass is 437 g/mol. The van der Waals surface area contributed by atoms with Gasteiger partial charge >= 0.3 is 6.18 Å². The summed E-state index contributed by atoms with van der Waals surface area (Å²) in [5, 5.41) is 6.74. The van der Waals surface area contributed by atoms with Crippen LogP contribution < -0.4 is 5.32 Å². The largest absolute Gasteiger partial charge is 0.416 e. The number of benzene rings is 1. The molecule has 1 atom stereocenters. The zero-order chi connectivity index (χ0) is 17.0. The van der Waals surface area contributed by atoms with E-state index in [0.717, 1.165) is 12.1 Å². The molecule has 8 heteroatoms. The van der Waals surface area contributed by atoms with E-state index in [4.69, 9.17) is 0 Å². The molecule has 2 aromatic rings. The normalized spacial score (nSPS) is 12.9. The zero-order valence-corrected chi connectivity index (χ0v) is 14.4. The number of amides is 1. The van der Waals surface area contributed by atoms with Gasteiger partial charge in [-0.15, -0.1) is 0 Å². The fraction of sp³-hybridized carbons (Fsp3) is 0.333. The van der Waals surface area contributed by atoms with E-state index in [1.807, 2.05) is 13.1 Å². The summed E-state index contributed by atoms with van der Waals surface area (Å²) >= 11 is 1.77. The first-order valence-electron chi connectivity index (χ1n) is 6.89. The zero-order valence-electron chi connectivity index (χ0n) is 12.3. The van der Waals surface area contributed by atoms with Gasteiger partial charge in [0, 0.05) is 34.6 Å². The average Bonchev–Trinajstić information content (AvgIpc) is 2.96. The summed E-state index contributed by atoms with van der Waals surface area (Å²) in [4.78, 5) is 12.1. The fourth-order valence-corrected chi connectivity index (χ4v) is 2.72. The van der Waals surface area contributed by atoms with Crippen LogP contribution in [-0.2, 0) is 12.7 Å². The lowest BCUT2D eigenvalue weighted by molar-refractivity contribution is -0.137. The van der Waals surface area contributed by atoms with E-state index in [0.29, 0.717) is 16.7 Å². The molecule has 1 aromatic carbocycles. The van der Waals surface area contributed by atoms with Gasteiger partial charge in [0.15, 0.2) is 0 Å². The average molecular weight is 437 g/mol. The number of hydrogen-bond donors (Lipinski definition) is 1. The highest BCUT2D eigenvalue weighted by Crippen LogP contribution is 2.31. The van der Waals surface area contributed by atoms with Crippen LogP contribution in [0, 0.1) is 9.49 Å². The van der Waals surface area contributed by atoms with Crippen molar-refractivity contribution >= 4 is 28.5 Å². The van der Waals surface area contributed by atoms with Crippen LogP contribution in [0.15, 0.2) is 36.7 Å². The highest BCUT2D eigenvalue weighted by molar-refractivity contribution is 14.1. The molecule has 0 bridgehead atoms. The Kier molecular flexibility index (Phi) is 5.66. The molecule has 0 fully saturated rings. The first-order valence-corrected chi connectivity index (χ1v) is 7.97. The van der Waals surface area contributed by atoms with Gasteiger partial charge < -0.3 is 5.32 Å². The summed E-state index contributed by atoms with van der Waals surface area (Å²) in [6, 6.07) is 5.12. The van der Waals surface area contributed by atoms with Crippen molar-refractivity contribution in [3.63, 3.8) is 0 Å². The van der Waals surface area contributed by atoms with E-state index in [-0.39, 0.29) is 11.5 Å². The minimum absolute atomic E-state index is 0.00974. The summed E-state index contributed by atoms with van der Waals surface area (Å²) < 4.78 is 40.5. The van der Waals surface area contributed by atoms with Gasteiger partial charge in [-0.3, -0.25) is 9.48 Å². The van der Waals surface area contributed by atoms with Crippen molar-refractivity contribution in [3.8, 4) is 0 Å². The van der Waals surface area contributed by atoms with Gasteiger partial charge in [0.05, 0.1) is 5.56 Å². The molecule has 0 saturated carbocycles. The maximum atomic E-state index is 12.8. The molecule has 0 saturated heterocycles. The second-order valence-corrected chi connectivity index (χ2v) is 6.52. The van der Waals surface area contributed by atoms with E-state index >= 15 is 0 Å². The Morgan fingerprint density at radius 3 is 2.74 bits per heavy atom. The standard InChI is InChI=1S/C15H15F3IN3O/c1-10(9-22-4-2-3-21-22)8-20-14(23)11-5-12(15(16,17)18)7-13(19)6-11/h2-7,10H,8-9H2,1H3,(H,20,23). The lowest BCUT2D eigenvalue weighted by atomic mass is 10.1. The number of carbonyl (C=O) groups excluding carboxylic acids is 1. The van der Waals surface area contributed by atoms with Crippen molar-refractivity contribution in [2.75, 3.05) is 6.54 Å². The maximum absolute atomic E-state index is 12.8. The minimum atomic E-state index is -4.47. The Labute approximate surface area is 145 Å². The molecule has 4 nitrogen and oxygen atoms in total. The topological polar surface area (TPSA) is 46.9 Å². The van der Waals surface area contributed by atoms with Crippen molar-refractivity contribution in [2.45, 2.75) is 19.6 Å². The molecule has 1 amide bonds. The Balaban J connectivity index is 1.99. The molecule has 0 aliphatic carbocycles. The lowest BCUT2D eigenvalue weighted by Gasteiger charge is -2.14. The van der Waals surface area contributed by atoms with Gasteiger partial charge in [0.1, 0.15) is 0 Å². The van der Waals surface area contributed by atoms with Crippen molar-refractivity contribution in [1.82, 2.24) is 15.1 Å². The number of rotatable bonds is 5. The number of carbonyl (C=O) groups is 1. The van der Waals surface area contributed by atoms with Crippen LogP contribution in [0.2, 0.25) is 0 Å². The Morgan fingerprint density at radius 2 is 2.13 bits per heavy atom. The van der Waals surface area contributed by atoms with Crippen LogP contribution in [0.1, 0.15) is 22.8 Å². The van der Waals surface area contributed by atoms with Crippen LogP contribution in [0.3, 0.4) is 0 Å². The number of halogens is 4. The maximum Gasteiger partial charge on any atom is 0.416 e. The predicted molar refractivity (Wildman–Crippen MR) is 87.9 cm³/mol. The molecule has 2 rings (SSSR count). The molecule has 1 unspecified atom stereocenters. The summed E-state index contributed by atoms with van der Waals surface area (Å²) in [7, 11) is 0. The van der Waals surface area contributed by atoms with Crippen molar-refractivity contribution in [1.29, 1.82) is 0 Å². The van der Waals surface area contributed by atoms with Gasteiger partial charge in [-0.25, -0.2) is 0 Å². The number of nitrogens with zero attached hydrogens (tertiary/aromatic N) is 2. The van der Waals surface area contributed by atoms with E-state index in [9.17, 15) is 18.0 Å². The Bertz CT molecular complexity index is 671.